The summed E-state index contributed by atoms with van der Waals surface area (Å²) in [6.07, 6.45) is 0. The van der Waals surface area contributed by atoms with Gasteiger partial charge >= 0.3 is 0 Å². The van der Waals surface area contributed by atoms with Gasteiger partial charge in [-0.25, -0.2) is 0 Å². The molecule has 0 atom stereocenters. The molecule has 0 aliphatic carbocycles. The number of carbonyl (C=O) groups is 1. The average Bonchev–Trinajstić information content (AvgIpc) is 3.09. The van der Waals surface area contributed by atoms with Crippen molar-refractivity contribution in [2.24, 2.45) is 0 Å². The van der Waals surface area contributed by atoms with Crippen molar-refractivity contribution >= 4 is 23.2 Å². The van der Waals surface area contributed by atoms with Crippen molar-refractivity contribution in [1.82, 2.24) is 15.5 Å². The molecule has 3 rings (SSSR count). The van der Waals surface area contributed by atoms with Gasteiger partial charge in [-0.1, -0.05) is 40.5 Å². The Bertz CT molecular complexity index is 908. The van der Waals surface area contributed by atoms with E-state index in [-0.39, 0.29) is 5.91 Å². The fraction of sp³-hybridized carbons (Fsp3) is 0.167. The van der Waals surface area contributed by atoms with E-state index < -0.39 is 0 Å². The predicted molar refractivity (Wildman–Crippen MR) is 96.6 cm³/mol. The van der Waals surface area contributed by atoms with E-state index in [1.54, 1.807) is 25.2 Å². The van der Waals surface area contributed by atoms with Crippen LogP contribution in [0.2, 0.25) is 5.02 Å². The van der Waals surface area contributed by atoms with Gasteiger partial charge in [0.1, 0.15) is 0 Å². The maximum atomic E-state index is 11.7. The zero-order chi connectivity index (χ0) is 17.8. The van der Waals surface area contributed by atoms with Crippen LogP contribution >= 0.6 is 11.6 Å². The van der Waals surface area contributed by atoms with Crippen LogP contribution in [0, 0.1) is 6.92 Å². The van der Waals surface area contributed by atoms with E-state index in [4.69, 9.17) is 16.1 Å². The summed E-state index contributed by atoms with van der Waals surface area (Å²) in [5.41, 5.74) is 3.16. The molecule has 2 N–H and O–H groups in total. The molecule has 0 bridgehead atoms. The molecule has 128 valence electrons. The highest BCUT2D eigenvalue weighted by atomic mass is 35.5. The van der Waals surface area contributed by atoms with Gasteiger partial charge in [0.05, 0.1) is 17.3 Å². The third-order valence-corrected chi connectivity index (χ3v) is 3.96. The first-order valence-corrected chi connectivity index (χ1v) is 8.10. The molecule has 1 aromatic heterocycles. The van der Waals surface area contributed by atoms with Crippen LogP contribution in [0.4, 0.5) is 5.69 Å². The predicted octanol–water partition coefficient (Wildman–Crippen LogP) is 3.67. The first kappa shape index (κ1) is 17.0. The Kier molecular flexibility index (Phi) is 5.00. The number of rotatable bonds is 5. The van der Waals surface area contributed by atoms with Crippen molar-refractivity contribution in [2.75, 3.05) is 12.4 Å². The highest BCUT2D eigenvalue weighted by Gasteiger charge is 2.11. The number of hydrogen-bond acceptors (Lipinski definition) is 5. The van der Waals surface area contributed by atoms with Gasteiger partial charge in [-0.15, -0.1) is 0 Å². The SMILES string of the molecule is CNC(=O)c1ccc(Cl)c(NCc2nc(-c3cccc(C)c3)no2)c1. The third-order valence-electron chi connectivity index (χ3n) is 3.63. The first-order chi connectivity index (χ1) is 12.1. The van der Waals surface area contributed by atoms with E-state index in [1.165, 1.54) is 0 Å². The molecular formula is C18H17ClN4O2. The van der Waals surface area contributed by atoms with Crippen molar-refractivity contribution in [2.45, 2.75) is 13.5 Å². The van der Waals surface area contributed by atoms with Crippen molar-refractivity contribution in [3.05, 3.63) is 64.5 Å². The summed E-state index contributed by atoms with van der Waals surface area (Å²) >= 11 is 6.17. The van der Waals surface area contributed by atoms with Gasteiger partial charge in [-0.05, 0) is 31.2 Å². The summed E-state index contributed by atoms with van der Waals surface area (Å²) in [5.74, 6) is 0.780. The van der Waals surface area contributed by atoms with Crippen LogP contribution in [0.5, 0.6) is 0 Å². The number of anilines is 1. The van der Waals surface area contributed by atoms with Gasteiger partial charge in [0.15, 0.2) is 0 Å². The lowest BCUT2D eigenvalue weighted by Crippen LogP contribution is -2.17. The van der Waals surface area contributed by atoms with E-state index in [9.17, 15) is 4.79 Å². The van der Waals surface area contributed by atoms with E-state index in [0.717, 1.165) is 11.1 Å². The summed E-state index contributed by atoms with van der Waals surface area (Å²) in [7, 11) is 1.58. The maximum absolute atomic E-state index is 11.7. The summed E-state index contributed by atoms with van der Waals surface area (Å²) in [6.45, 7) is 2.31. The highest BCUT2D eigenvalue weighted by Crippen LogP contribution is 2.24. The molecule has 3 aromatic rings. The maximum Gasteiger partial charge on any atom is 0.251 e. The Morgan fingerprint density at radius 1 is 1.24 bits per heavy atom. The molecule has 1 amide bonds. The smallest absolute Gasteiger partial charge is 0.251 e. The van der Waals surface area contributed by atoms with Crippen molar-refractivity contribution in [3.8, 4) is 11.4 Å². The number of hydrogen-bond donors (Lipinski definition) is 2. The Hall–Kier alpha value is -2.86. The number of amides is 1. The van der Waals surface area contributed by atoms with Gasteiger partial charge < -0.3 is 15.2 Å². The molecule has 0 radical (unpaired) electrons. The molecule has 0 aliphatic rings. The van der Waals surface area contributed by atoms with Crippen LogP contribution in [0.25, 0.3) is 11.4 Å². The van der Waals surface area contributed by atoms with Crippen LogP contribution < -0.4 is 10.6 Å². The van der Waals surface area contributed by atoms with E-state index >= 15 is 0 Å². The van der Waals surface area contributed by atoms with Crippen molar-refractivity contribution < 1.29 is 9.32 Å². The highest BCUT2D eigenvalue weighted by molar-refractivity contribution is 6.33. The van der Waals surface area contributed by atoms with Crippen molar-refractivity contribution in [3.63, 3.8) is 0 Å². The minimum Gasteiger partial charge on any atom is -0.375 e. The molecule has 0 aliphatic heterocycles. The molecule has 0 spiro atoms. The average molecular weight is 357 g/mol. The van der Waals surface area contributed by atoms with Gasteiger partial charge in [0.2, 0.25) is 11.7 Å². The second-order valence-electron chi connectivity index (χ2n) is 5.51. The van der Waals surface area contributed by atoms with E-state index in [1.807, 2.05) is 31.2 Å². The molecule has 6 nitrogen and oxygen atoms in total. The summed E-state index contributed by atoms with van der Waals surface area (Å²) in [4.78, 5) is 16.1. The summed E-state index contributed by atoms with van der Waals surface area (Å²) in [5, 5.41) is 10.2. The normalized spacial score (nSPS) is 10.5. The van der Waals surface area contributed by atoms with Gasteiger partial charge in [-0.3, -0.25) is 4.79 Å². The lowest BCUT2D eigenvalue weighted by atomic mass is 10.1. The molecule has 1 heterocycles. The zero-order valence-corrected chi connectivity index (χ0v) is 14.6. The molecule has 0 saturated heterocycles. The molecule has 0 saturated carbocycles. The fourth-order valence-electron chi connectivity index (χ4n) is 2.35. The van der Waals surface area contributed by atoms with Crippen LogP contribution in [0.1, 0.15) is 21.8 Å². The first-order valence-electron chi connectivity index (χ1n) is 7.72. The lowest BCUT2D eigenvalue weighted by molar-refractivity contribution is 0.0963. The van der Waals surface area contributed by atoms with Crippen LogP contribution in [-0.2, 0) is 6.54 Å². The Labute approximate surface area is 150 Å². The Morgan fingerprint density at radius 3 is 2.84 bits per heavy atom. The molecule has 2 aromatic carbocycles. The van der Waals surface area contributed by atoms with Gasteiger partial charge in [0, 0.05) is 18.2 Å². The third kappa shape index (κ3) is 3.97. The Morgan fingerprint density at radius 2 is 2.08 bits per heavy atom. The monoisotopic (exact) mass is 356 g/mol. The molecule has 7 heteroatoms. The lowest BCUT2D eigenvalue weighted by Gasteiger charge is -2.08. The topological polar surface area (TPSA) is 80.0 Å². The van der Waals surface area contributed by atoms with Crippen LogP contribution in [-0.4, -0.2) is 23.1 Å². The number of carbonyl (C=O) groups excluding carboxylic acids is 1. The standard InChI is InChI=1S/C18H17ClN4O2/c1-11-4-3-5-12(8-11)17-22-16(25-23-17)10-21-15-9-13(18(24)20-2)6-7-14(15)19/h3-9,21H,10H2,1-2H3,(H,20,24). The number of nitrogens with one attached hydrogen (secondary N) is 2. The van der Waals surface area contributed by atoms with Crippen LogP contribution in [0.15, 0.2) is 47.0 Å². The van der Waals surface area contributed by atoms with Crippen LogP contribution in [0.3, 0.4) is 0 Å². The van der Waals surface area contributed by atoms with Gasteiger partial charge in [-0.2, -0.15) is 4.98 Å². The molecular weight excluding hydrogens is 340 g/mol. The number of benzene rings is 2. The minimum absolute atomic E-state index is 0.181. The number of nitrogens with zero attached hydrogens (tertiary/aromatic N) is 2. The fourth-order valence-corrected chi connectivity index (χ4v) is 2.53. The second kappa shape index (κ2) is 7.36. The number of halogens is 1. The quantitative estimate of drug-likeness (QED) is 0.729. The van der Waals surface area contributed by atoms with Gasteiger partial charge in [0.25, 0.3) is 5.91 Å². The molecule has 25 heavy (non-hydrogen) atoms. The minimum atomic E-state index is -0.181. The second-order valence-corrected chi connectivity index (χ2v) is 5.92. The number of aromatic nitrogens is 2. The Balaban J connectivity index is 1.73. The molecule has 0 fully saturated rings. The largest absolute Gasteiger partial charge is 0.375 e. The summed E-state index contributed by atoms with van der Waals surface area (Å²) < 4.78 is 5.27. The van der Waals surface area contributed by atoms with E-state index in [2.05, 4.69) is 20.8 Å². The summed E-state index contributed by atoms with van der Waals surface area (Å²) in [6, 6.07) is 12.9. The molecule has 0 unspecified atom stereocenters. The zero-order valence-electron chi connectivity index (χ0n) is 13.8. The number of aryl methyl sites for hydroxylation is 1. The van der Waals surface area contributed by atoms with Crippen molar-refractivity contribution in [1.29, 1.82) is 0 Å². The van der Waals surface area contributed by atoms with E-state index in [0.29, 0.717) is 34.5 Å².